The van der Waals surface area contributed by atoms with Gasteiger partial charge < -0.3 is 14.9 Å². The van der Waals surface area contributed by atoms with Crippen molar-refractivity contribution in [3.8, 4) is 5.75 Å². The van der Waals surface area contributed by atoms with Gasteiger partial charge in [0.2, 0.25) is 0 Å². The molecule has 0 aliphatic rings. The van der Waals surface area contributed by atoms with Gasteiger partial charge in [0.05, 0.1) is 18.4 Å². The summed E-state index contributed by atoms with van der Waals surface area (Å²) in [6.07, 6.45) is -3.35. The Labute approximate surface area is 111 Å². The van der Waals surface area contributed by atoms with Crippen LogP contribution in [-0.4, -0.2) is 0 Å². The average molecular weight is 289 g/mol. The fourth-order valence-corrected chi connectivity index (χ4v) is 1.65. The smallest absolute Gasteiger partial charge is 0.419 e. The molecule has 108 valence electrons. The van der Waals surface area contributed by atoms with Gasteiger partial charge >= 0.3 is 6.18 Å². The molecule has 0 spiro atoms. The fraction of sp³-hybridized carbons (Fsp3) is 0.231. The van der Waals surface area contributed by atoms with Crippen molar-refractivity contribution in [3.05, 3.63) is 53.2 Å². The van der Waals surface area contributed by atoms with Crippen molar-refractivity contribution in [3.63, 3.8) is 0 Å². The Morgan fingerprint density at radius 1 is 1.20 bits per heavy atom. The molecule has 0 saturated carbocycles. The van der Waals surface area contributed by atoms with Gasteiger partial charge in [0.25, 0.3) is 0 Å². The predicted octanol–water partition coefficient (Wildman–Crippen LogP) is 3.48. The molecule has 0 amide bonds. The molecule has 1 aromatic heterocycles. The molecule has 0 fully saturated rings. The summed E-state index contributed by atoms with van der Waals surface area (Å²) in [5, 5.41) is 0. The number of benzene rings is 1. The Bertz CT molecular complexity index is 592. The third-order valence-electron chi connectivity index (χ3n) is 2.66. The lowest BCUT2D eigenvalue weighted by Gasteiger charge is -2.11. The van der Waals surface area contributed by atoms with Gasteiger partial charge in [0.1, 0.15) is 23.9 Å². The number of ether oxygens (including phenoxy) is 1. The summed E-state index contributed by atoms with van der Waals surface area (Å²) >= 11 is 0. The first-order chi connectivity index (χ1) is 9.41. The van der Waals surface area contributed by atoms with Crippen LogP contribution in [0.5, 0.6) is 5.75 Å². The summed E-state index contributed by atoms with van der Waals surface area (Å²) in [5.74, 6) is -0.929. The molecule has 0 atom stereocenters. The number of hydrogen-bond acceptors (Lipinski definition) is 3. The van der Waals surface area contributed by atoms with Crippen molar-refractivity contribution < 1.29 is 26.7 Å². The molecule has 1 aromatic carbocycles. The highest BCUT2D eigenvalue weighted by atomic mass is 19.4. The average Bonchev–Trinajstić information content (AvgIpc) is 2.84. The van der Waals surface area contributed by atoms with Gasteiger partial charge in [-0.1, -0.05) is 0 Å². The van der Waals surface area contributed by atoms with E-state index in [1.807, 2.05) is 0 Å². The number of nitrogens with two attached hydrogens (primary N) is 1. The van der Waals surface area contributed by atoms with Crippen LogP contribution < -0.4 is 10.5 Å². The summed E-state index contributed by atoms with van der Waals surface area (Å²) in [5.41, 5.74) is 4.69. The van der Waals surface area contributed by atoms with Gasteiger partial charge in [-0.2, -0.15) is 13.2 Å². The monoisotopic (exact) mass is 289 g/mol. The lowest BCUT2D eigenvalue weighted by atomic mass is 10.2. The van der Waals surface area contributed by atoms with E-state index in [1.165, 1.54) is 6.26 Å². The van der Waals surface area contributed by atoms with Crippen LogP contribution >= 0.6 is 0 Å². The third-order valence-corrected chi connectivity index (χ3v) is 2.66. The highest BCUT2D eigenvalue weighted by Gasteiger charge is 2.34. The predicted molar refractivity (Wildman–Crippen MR) is 62.3 cm³/mol. The van der Waals surface area contributed by atoms with E-state index in [0.717, 1.165) is 12.1 Å². The quantitative estimate of drug-likeness (QED) is 0.877. The van der Waals surface area contributed by atoms with Gasteiger partial charge in [-0.15, -0.1) is 0 Å². The Morgan fingerprint density at radius 2 is 1.95 bits per heavy atom. The Hall–Kier alpha value is -2.02. The van der Waals surface area contributed by atoms with Gasteiger partial charge in [-0.05, 0) is 24.3 Å². The molecule has 20 heavy (non-hydrogen) atoms. The first-order valence-electron chi connectivity index (χ1n) is 5.66. The molecule has 1 heterocycles. The summed E-state index contributed by atoms with van der Waals surface area (Å²) in [6, 6.07) is 4.08. The molecule has 0 aliphatic carbocycles. The van der Waals surface area contributed by atoms with Crippen molar-refractivity contribution in [2.75, 3.05) is 0 Å². The zero-order valence-corrected chi connectivity index (χ0v) is 10.2. The van der Waals surface area contributed by atoms with Crippen molar-refractivity contribution in [1.82, 2.24) is 0 Å². The van der Waals surface area contributed by atoms with Gasteiger partial charge in [0.15, 0.2) is 0 Å². The molecule has 2 N–H and O–H groups in total. The Morgan fingerprint density at radius 3 is 2.60 bits per heavy atom. The maximum Gasteiger partial charge on any atom is 0.419 e. The highest BCUT2D eigenvalue weighted by molar-refractivity contribution is 5.32. The van der Waals surface area contributed by atoms with Crippen molar-refractivity contribution in [1.29, 1.82) is 0 Å². The number of rotatable bonds is 4. The van der Waals surface area contributed by atoms with Gasteiger partial charge in [-0.25, -0.2) is 4.39 Å². The van der Waals surface area contributed by atoms with E-state index in [9.17, 15) is 17.6 Å². The van der Waals surface area contributed by atoms with E-state index >= 15 is 0 Å². The first kappa shape index (κ1) is 14.4. The fourth-order valence-electron chi connectivity index (χ4n) is 1.65. The standard InChI is InChI=1S/C13H11F4NO2/c14-11-2-1-9(5-10(11)13(15,16)17)20-7-8-3-4-19-12(8)6-18/h1-5H,6-7,18H2. The molecule has 0 aliphatic heterocycles. The van der Waals surface area contributed by atoms with E-state index in [-0.39, 0.29) is 18.9 Å². The normalized spacial score (nSPS) is 11.7. The van der Waals surface area contributed by atoms with Gasteiger partial charge in [-0.3, -0.25) is 0 Å². The largest absolute Gasteiger partial charge is 0.489 e. The summed E-state index contributed by atoms with van der Waals surface area (Å²) in [4.78, 5) is 0. The molecule has 0 radical (unpaired) electrons. The van der Waals surface area contributed by atoms with E-state index in [0.29, 0.717) is 17.4 Å². The molecule has 0 saturated heterocycles. The SMILES string of the molecule is NCc1occc1COc1ccc(F)c(C(F)(F)F)c1. The number of hydrogen-bond donors (Lipinski definition) is 1. The van der Waals surface area contributed by atoms with Gasteiger partial charge in [0, 0.05) is 5.56 Å². The lowest BCUT2D eigenvalue weighted by Crippen LogP contribution is -2.09. The number of furan rings is 1. The first-order valence-corrected chi connectivity index (χ1v) is 5.66. The van der Waals surface area contributed by atoms with E-state index in [2.05, 4.69) is 0 Å². The Kier molecular flexibility index (Phi) is 3.99. The van der Waals surface area contributed by atoms with E-state index < -0.39 is 17.6 Å². The zero-order chi connectivity index (χ0) is 14.8. The molecule has 2 aromatic rings. The lowest BCUT2D eigenvalue weighted by molar-refractivity contribution is -0.140. The second-order valence-corrected chi connectivity index (χ2v) is 4.00. The third kappa shape index (κ3) is 3.11. The zero-order valence-electron chi connectivity index (χ0n) is 10.2. The topological polar surface area (TPSA) is 48.4 Å². The molecular formula is C13H11F4NO2. The van der Waals surface area contributed by atoms with Crippen LogP contribution in [0.15, 0.2) is 34.9 Å². The van der Waals surface area contributed by atoms with Crippen LogP contribution in [0, 0.1) is 5.82 Å². The van der Waals surface area contributed by atoms with Crippen LogP contribution in [0.2, 0.25) is 0 Å². The molecule has 0 bridgehead atoms. The number of alkyl halides is 3. The Balaban J connectivity index is 2.15. The summed E-state index contributed by atoms with van der Waals surface area (Å²) in [6.45, 7) is 0.148. The second kappa shape index (κ2) is 5.54. The van der Waals surface area contributed by atoms with Crippen LogP contribution in [0.3, 0.4) is 0 Å². The van der Waals surface area contributed by atoms with Crippen molar-refractivity contribution in [2.24, 2.45) is 5.73 Å². The summed E-state index contributed by atoms with van der Waals surface area (Å²) < 4.78 is 60.9. The van der Waals surface area contributed by atoms with Crippen LogP contribution in [0.4, 0.5) is 17.6 Å². The minimum atomic E-state index is -4.76. The second-order valence-electron chi connectivity index (χ2n) is 4.00. The minimum Gasteiger partial charge on any atom is -0.489 e. The van der Waals surface area contributed by atoms with Crippen molar-refractivity contribution in [2.45, 2.75) is 19.3 Å². The molecular weight excluding hydrogens is 278 g/mol. The van der Waals surface area contributed by atoms with Crippen molar-refractivity contribution >= 4 is 0 Å². The number of halogens is 4. The molecule has 0 unspecified atom stereocenters. The summed E-state index contributed by atoms with van der Waals surface area (Å²) in [7, 11) is 0. The highest BCUT2D eigenvalue weighted by Crippen LogP contribution is 2.33. The molecule has 2 rings (SSSR count). The molecule has 3 nitrogen and oxygen atoms in total. The van der Waals surface area contributed by atoms with Crippen LogP contribution in [-0.2, 0) is 19.3 Å². The van der Waals surface area contributed by atoms with E-state index in [1.54, 1.807) is 6.07 Å². The van der Waals surface area contributed by atoms with Crippen LogP contribution in [0.25, 0.3) is 0 Å². The minimum absolute atomic E-state index is 0.00797. The molecule has 7 heteroatoms. The maximum atomic E-state index is 13.1. The van der Waals surface area contributed by atoms with E-state index in [4.69, 9.17) is 14.9 Å². The maximum absolute atomic E-state index is 13.1. The van der Waals surface area contributed by atoms with Crippen LogP contribution in [0.1, 0.15) is 16.9 Å².